The molecule has 1 aliphatic rings. The highest BCUT2D eigenvalue weighted by molar-refractivity contribution is 6.37. The summed E-state index contributed by atoms with van der Waals surface area (Å²) >= 11 is 0. The number of pyridine rings is 1. The van der Waals surface area contributed by atoms with Crippen LogP contribution in [0.4, 0.5) is 14.5 Å². The molecule has 1 aliphatic heterocycles. The number of aryl methyl sites for hydroxylation is 3. The van der Waals surface area contributed by atoms with Crippen LogP contribution in [0.1, 0.15) is 37.5 Å². The zero-order chi connectivity index (χ0) is 22.0. The average molecular weight is 418 g/mol. The SMILES string of the molecule is Cc1ccc(N2C(=O)c3cnc4c(c(C)nn4-c4ccc(F)c(F)c4)c3C2=O)cc1C. The second kappa shape index (κ2) is 6.53. The van der Waals surface area contributed by atoms with Crippen molar-refractivity contribution >= 4 is 28.5 Å². The molecule has 0 saturated carbocycles. The summed E-state index contributed by atoms with van der Waals surface area (Å²) in [7, 11) is 0. The molecule has 0 atom stereocenters. The smallest absolute Gasteiger partial charge is 0.267 e. The Morgan fingerprint density at radius 2 is 1.58 bits per heavy atom. The molecule has 31 heavy (non-hydrogen) atoms. The lowest BCUT2D eigenvalue weighted by Crippen LogP contribution is -2.29. The first-order valence-corrected chi connectivity index (χ1v) is 9.57. The van der Waals surface area contributed by atoms with E-state index in [2.05, 4.69) is 10.1 Å². The highest BCUT2D eigenvalue weighted by Crippen LogP contribution is 2.35. The van der Waals surface area contributed by atoms with Gasteiger partial charge in [0.15, 0.2) is 17.3 Å². The van der Waals surface area contributed by atoms with E-state index < -0.39 is 23.4 Å². The normalized spacial score (nSPS) is 13.4. The quantitative estimate of drug-likeness (QED) is 0.452. The van der Waals surface area contributed by atoms with Crippen molar-refractivity contribution in [1.29, 1.82) is 0 Å². The maximum atomic E-state index is 13.8. The summed E-state index contributed by atoms with van der Waals surface area (Å²) in [6, 6.07) is 8.74. The van der Waals surface area contributed by atoms with Crippen LogP contribution in [-0.4, -0.2) is 26.6 Å². The van der Waals surface area contributed by atoms with Crippen molar-refractivity contribution in [2.75, 3.05) is 4.90 Å². The van der Waals surface area contributed by atoms with Gasteiger partial charge in [-0.25, -0.2) is 23.3 Å². The topological polar surface area (TPSA) is 68.1 Å². The molecule has 0 bridgehead atoms. The van der Waals surface area contributed by atoms with Crippen LogP contribution in [0.2, 0.25) is 0 Å². The van der Waals surface area contributed by atoms with Crippen molar-refractivity contribution in [1.82, 2.24) is 14.8 Å². The van der Waals surface area contributed by atoms with E-state index in [1.165, 1.54) is 16.9 Å². The number of carbonyl (C=O) groups is 2. The first kappa shape index (κ1) is 19.0. The van der Waals surface area contributed by atoms with E-state index in [1.54, 1.807) is 19.1 Å². The first-order chi connectivity index (χ1) is 14.8. The minimum absolute atomic E-state index is 0.184. The number of hydrogen-bond acceptors (Lipinski definition) is 4. The number of fused-ring (bicyclic) bond motifs is 3. The molecule has 4 aromatic rings. The minimum atomic E-state index is -1.02. The number of aromatic nitrogens is 3. The van der Waals surface area contributed by atoms with Gasteiger partial charge in [-0.15, -0.1) is 0 Å². The van der Waals surface area contributed by atoms with E-state index in [1.807, 2.05) is 19.9 Å². The molecule has 0 radical (unpaired) electrons. The van der Waals surface area contributed by atoms with Gasteiger partial charge in [0, 0.05) is 12.3 Å². The van der Waals surface area contributed by atoms with Crippen LogP contribution >= 0.6 is 0 Å². The summed E-state index contributed by atoms with van der Waals surface area (Å²) in [5.74, 6) is -2.93. The second-order valence-corrected chi connectivity index (χ2v) is 7.56. The van der Waals surface area contributed by atoms with E-state index >= 15 is 0 Å². The van der Waals surface area contributed by atoms with E-state index in [9.17, 15) is 18.4 Å². The Hall–Kier alpha value is -3.94. The first-order valence-electron chi connectivity index (χ1n) is 9.57. The summed E-state index contributed by atoms with van der Waals surface area (Å²) in [5.41, 5.74) is 3.87. The van der Waals surface area contributed by atoms with Gasteiger partial charge in [0.25, 0.3) is 11.8 Å². The number of halogens is 2. The molecule has 0 fully saturated rings. The fourth-order valence-electron chi connectivity index (χ4n) is 3.86. The summed E-state index contributed by atoms with van der Waals surface area (Å²) in [4.78, 5) is 31.9. The molecule has 0 spiro atoms. The van der Waals surface area contributed by atoms with Crippen molar-refractivity contribution in [2.45, 2.75) is 20.8 Å². The van der Waals surface area contributed by atoms with E-state index in [4.69, 9.17) is 0 Å². The van der Waals surface area contributed by atoms with E-state index in [0.717, 1.165) is 28.2 Å². The van der Waals surface area contributed by atoms with Crippen LogP contribution in [0.25, 0.3) is 16.7 Å². The van der Waals surface area contributed by atoms with E-state index in [-0.39, 0.29) is 22.5 Å². The molecule has 154 valence electrons. The lowest BCUT2D eigenvalue weighted by molar-refractivity contribution is 0.0926. The Bertz CT molecular complexity index is 1440. The van der Waals surface area contributed by atoms with Gasteiger partial charge in [-0.1, -0.05) is 6.07 Å². The zero-order valence-electron chi connectivity index (χ0n) is 16.9. The van der Waals surface area contributed by atoms with Crippen LogP contribution < -0.4 is 4.90 Å². The van der Waals surface area contributed by atoms with Gasteiger partial charge in [-0.2, -0.15) is 5.10 Å². The molecule has 3 heterocycles. The van der Waals surface area contributed by atoms with Crippen molar-refractivity contribution < 1.29 is 18.4 Å². The predicted octanol–water partition coefficient (Wildman–Crippen LogP) is 4.42. The molecule has 2 aromatic heterocycles. The number of anilines is 1. The Kier molecular flexibility index (Phi) is 4.01. The number of imide groups is 1. The number of benzene rings is 2. The molecular formula is C23H16F2N4O2. The van der Waals surface area contributed by atoms with Gasteiger partial charge in [-0.05, 0) is 56.2 Å². The summed E-state index contributed by atoms with van der Waals surface area (Å²) < 4.78 is 28.5. The van der Waals surface area contributed by atoms with Gasteiger partial charge < -0.3 is 0 Å². The Morgan fingerprint density at radius 3 is 2.29 bits per heavy atom. The second-order valence-electron chi connectivity index (χ2n) is 7.56. The third-order valence-corrected chi connectivity index (χ3v) is 5.62. The molecular weight excluding hydrogens is 402 g/mol. The number of rotatable bonds is 2. The van der Waals surface area contributed by atoms with Crippen LogP contribution in [-0.2, 0) is 0 Å². The third-order valence-electron chi connectivity index (χ3n) is 5.62. The largest absolute Gasteiger partial charge is 0.268 e. The molecule has 2 amide bonds. The number of hydrogen-bond donors (Lipinski definition) is 0. The number of amides is 2. The monoisotopic (exact) mass is 418 g/mol. The molecule has 0 unspecified atom stereocenters. The molecule has 8 heteroatoms. The molecule has 6 nitrogen and oxygen atoms in total. The average Bonchev–Trinajstić information content (AvgIpc) is 3.20. The molecule has 0 saturated heterocycles. The van der Waals surface area contributed by atoms with Crippen LogP contribution in [0.3, 0.4) is 0 Å². The number of carbonyl (C=O) groups excluding carboxylic acids is 2. The minimum Gasteiger partial charge on any atom is -0.268 e. The third kappa shape index (κ3) is 2.68. The highest BCUT2D eigenvalue weighted by Gasteiger charge is 2.40. The van der Waals surface area contributed by atoms with Gasteiger partial charge in [0.2, 0.25) is 0 Å². The van der Waals surface area contributed by atoms with Gasteiger partial charge in [-0.3, -0.25) is 9.59 Å². The van der Waals surface area contributed by atoms with Crippen LogP contribution in [0, 0.1) is 32.4 Å². The zero-order valence-corrected chi connectivity index (χ0v) is 16.9. The Labute approximate surface area is 175 Å². The van der Waals surface area contributed by atoms with Gasteiger partial charge in [0.05, 0.1) is 33.6 Å². The van der Waals surface area contributed by atoms with E-state index in [0.29, 0.717) is 16.8 Å². The highest BCUT2D eigenvalue weighted by atomic mass is 19.2. The van der Waals surface area contributed by atoms with Gasteiger partial charge >= 0.3 is 0 Å². The fraction of sp³-hybridized carbons (Fsp3) is 0.130. The fourth-order valence-corrected chi connectivity index (χ4v) is 3.86. The lowest BCUT2D eigenvalue weighted by Gasteiger charge is -2.15. The maximum Gasteiger partial charge on any atom is 0.267 e. The maximum absolute atomic E-state index is 13.8. The summed E-state index contributed by atoms with van der Waals surface area (Å²) in [5, 5.41) is 4.78. The van der Waals surface area contributed by atoms with Crippen molar-refractivity contribution in [2.24, 2.45) is 0 Å². The van der Waals surface area contributed by atoms with Crippen molar-refractivity contribution in [3.05, 3.63) is 82.2 Å². The summed E-state index contributed by atoms with van der Waals surface area (Å²) in [6.45, 7) is 5.54. The molecule has 5 rings (SSSR count). The van der Waals surface area contributed by atoms with Crippen LogP contribution in [0.15, 0.2) is 42.6 Å². The molecule has 0 aliphatic carbocycles. The number of nitrogens with zero attached hydrogens (tertiary/aromatic N) is 4. The molecule has 0 N–H and O–H groups in total. The Morgan fingerprint density at radius 1 is 0.839 bits per heavy atom. The van der Waals surface area contributed by atoms with Crippen LogP contribution in [0.5, 0.6) is 0 Å². The van der Waals surface area contributed by atoms with Crippen molar-refractivity contribution in [3.8, 4) is 5.69 Å². The Balaban J connectivity index is 1.70. The summed E-state index contributed by atoms with van der Waals surface area (Å²) in [6.07, 6.45) is 1.33. The molecule has 2 aromatic carbocycles. The lowest BCUT2D eigenvalue weighted by atomic mass is 10.1. The predicted molar refractivity (Wildman–Crippen MR) is 111 cm³/mol. The standard InChI is InChI=1S/C23H16F2N4O2/c1-11-4-5-14(8-12(11)2)28-22(30)16-10-26-21-19(20(16)23(28)31)13(3)27-29(21)15-6-7-17(24)18(25)9-15/h4-10H,1-3H3. The van der Waals surface area contributed by atoms with Gasteiger partial charge in [0.1, 0.15) is 0 Å². The van der Waals surface area contributed by atoms with Crippen molar-refractivity contribution in [3.63, 3.8) is 0 Å².